The van der Waals surface area contributed by atoms with Crippen LogP contribution in [-0.2, 0) is 13.6 Å². The number of aryl methyl sites for hydroxylation is 2. The lowest BCUT2D eigenvalue weighted by Crippen LogP contribution is -2.22. The summed E-state index contributed by atoms with van der Waals surface area (Å²) < 4.78 is 3.66. The van der Waals surface area contributed by atoms with Gasteiger partial charge in [-0.1, -0.05) is 13.8 Å². The molecule has 2 heterocycles. The first kappa shape index (κ1) is 11.9. The van der Waals surface area contributed by atoms with E-state index in [1.807, 2.05) is 41.7 Å². The second-order valence-corrected chi connectivity index (χ2v) is 4.55. The molecule has 0 bridgehead atoms. The maximum atomic E-state index is 4.49. The van der Waals surface area contributed by atoms with Gasteiger partial charge in [-0.15, -0.1) is 0 Å². The summed E-state index contributed by atoms with van der Waals surface area (Å²) in [5.41, 5.74) is 2.15. The van der Waals surface area contributed by atoms with E-state index < -0.39 is 0 Å². The lowest BCUT2D eigenvalue weighted by Gasteiger charge is -2.04. The number of aromatic nitrogens is 4. The highest BCUT2D eigenvalue weighted by molar-refractivity contribution is 5.23. The van der Waals surface area contributed by atoms with Gasteiger partial charge in [0.25, 0.3) is 0 Å². The molecule has 0 saturated carbocycles. The molecule has 0 atom stereocenters. The predicted octanol–water partition coefficient (Wildman–Crippen LogP) is 1.41. The van der Waals surface area contributed by atoms with Crippen molar-refractivity contribution in [2.45, 2.75) is 33.4 Å². The summed E-state index contributed by atoms with van der Waals surface area (Å²) in [7, 11) is 1.93. The quantitative estimate of drug-likeness (QED) is 0.868. The summed E-state index contributed by atoms with van der Waals surface area (Å²) in [6.45, 7) is 7.07. The molecule has 0 aliphatic rings. The first-order valence-electron chi connectivity index (χ1n) is 5.85. The zero-order valence-corrected chi connectivity index (χ0v) is 10.8. The maximum Gasteiger partial charge on any atom is 0.175 e. The summed E-state index contributed by atoms with van der Waals surface area (Å²) in [5.74, 6) is 0.862. The fourth-order valence-electron chi connectivity index (χ4n) is 1.55. The van der Waals surface area contributed by atoms with E-state index in [1.165, 1.54) is 0 Å². The van der Waals surface area contributed by atoms with Crippen LogP contribution < -0.4 is 5.32 Å². The minimum atomic E-state index is 0.470. The van der Waals surface area contributed by atoms with E-state index in [9.17, 15) is 0 Å². The Balaban J connectivity index is 2.12. The third-order valence-corrected chi connectivity index (χ3v) is 2.67. The molecule has 0 aliphatic carbocycles. The van der Waals surface area contributed by atoms with Crippen LogP contribution in [-0.4, -0.2) is 25.6 Å². The van der Waals surface area contributed by atoms with Crippen LogP contribution in [0.2, 0.25) is 0 Å². The molecule has 92 valence electrons. The molecule has 0 saturated heterocycles. The van der Waals surface area contributed by atoms with E-state index in [1.54, 1.807) is 0 Å². The first-order chi connectivity index (χ1) is 8.06. The highest BCUT2D eigenvalue weighted by atomic mass is 15.4. The second-order valence-electron chi connectivity index (χ2n) is 4.55. The van der Waals surface area contributed by atoms with Gasteiger partial charge in [0.2, 0.25) is 0 Å². The second kappa shape index (κ2) is 4.71. The number of rotatable bonds is 4. The predicted molar refractivity (Wildman–Crippen MR) is 67.0 cm³/mol. The summed E-state index contributed by atoms with van der Waals surface area (Å²) >= 11 is 0. The van der Waals surface area contributed by atoms with Gasteiger partial charge in [0, 0.05) is 37.6 Å². The van der Waals surface area contributed by atoms with Gasteiger partial charge < -0.3 is 5.32 Å². The van der Waals surface area contributed by atoms with Crippen LogP contribution in [0.5, 0.6) is 0 Å². The fraction of sp³-hybridized carbons (Fsp3) is 0.500. The van der Waals surface area contributed by atoms with Crippen LogP contribution in [0.25, 0.3) is 5.82 Å². The molecule has 0 aromatic carbocycles. The van der Waals surface area contributed by atoms with Gasteiger partial charge in [-0.3, -0.25) is 4.68 Å². The van der Waals surface area contributed by atoms with Crippen LogP contribution in [0.3, 0.4) is 0 Å². The molecule has 17 heavy (non-hydrogen) atoms. The number of hydrogen-bond acceptors (Lipinski definition) is 3. The Morgan fingerprint density at radius 1 is 1.35 bits per heavy atom. The van der Waals surface area contributed by atoms with E-state index in [2.05, 4.69) is 29.4 Å². The van der Waals surface area contributed by atoms with Crippen LogP contribution in [0.15, 0.2) is 18.3 Å². The zero-order valence-electron chi connectivity index (χ0n) is 10.8. The van der Waals surface area contributed by atoms with E-state index in [4.69, 9.17) is 0 Å². The van der Waals surface area contributed by atoms with Gasteiger partial charge in [-0.05, 0) is 13.0 Å². The fourth-order valence-corrected chi connectivity index (χ4v) is 1.55. The molecule has 0 unspecified atom stereocenters. The van der Waals surface area contributed by atoms with E-state index in [0.717, 1.165) is 23.8 Å². The van der Waals surface area contributed by atoms with Crippen molar-refractivity contribution >= 4 is 0 Å². The lowest BCUT2D eigenvalue weighted by atomic mass is 10.3. The van der Waals surface area contributed by atoms with Crippen LogP contribution in [0.4, 0.5) is 0 Å². The molecule has 5 heteroatoms. The molecule has 2 aromatic heterocycles. The molecule has 1 N–H and O–H groups in total. The maximum absolute atomic E-state index is 4.49. The van der Waals surface area contributed by atoms with E-state index >= 15 is 0 Å². The molecule has 2 rings (SSSR count). The van der Waals surface area contributed by atoms with E-state index in [-0.39, 0.29) is 0 Å². The van der Waals surface area contributed by atoms with Crippen molar-refractivity contribution in [3.8, 4) is 5.82 Å². The number of nitrogens with one attached hydrogen (secondary N) is 1. The Hall–Kier alpha value is -1.62. The number of nitrogens with zero attached hydrogens (tertiary/aromatic N) is 4. The average molecular weight is 233 g/mol. The summed E-state index contributed by atoms with van der Waals surface area (Å²) in [6.07, 6.45) is 1.94. The topological polar surface area (TPSA) is 47.7 Å². The van der Waals surface area contributed by atoms with Crippen molar-refractivity contribution in [3.63, 3.8) is 0 Å². The van der Waals surface area contributed by atoms with Crippen molar-refractivity contribution in [3.05, 3.63) is 29.7 Å². The van der Waals surface area contributed by atoms with Crippen LogP contribution in [0, 0.1) is 6.92 Å². The summed E-state index contributed by atoms with van der Waals surface area (Å²) in [6, 6.07) is 4.50. The highest BCUT2D eigenvalue weighted by Gasteiger charge is 2.06. The van der Waals surface area contributed by atoms with Crippen LogP contribution >= 0.6 is 0 Å². The Labute approximate surface area is 101 Å². The van der Waals surface area contributed by atoms with Gasteiger partial charge in [0.15, 0.2) is 5.82 Å². The van der Waals surface area contributed by atoms with Gasteiger partial charge in [-0.2, -0.15) is 10.2 Å². The molecule has 2 aromatic rings. The molecule has 0 radical (unpaired) electrons. The lowest BCUT2D eigenvalue weighted by molar-refractivity contribution is 0.577. The minimum Gasteiger partial charge on any atom is -0.309 e. The van der Waals surface area contributed by atoms with Crippen molar-refractivity contribution in [1.29, 1.82) is 0 Å². The minimum absolute atomic E-state index is 0.470. The van der Waals surface area contributed by atoms with Gasteiger partial charge in [0.1, 0.15) is 0 Å². The first-order valence-corrected chi connectivity index (χ1v) is 5.85. The van der Waals surface area contributed by atoms with Gasteiger partial charge in [-0.25, -0.2) is 4.68 Å². The SMILES string of the molecule is Cc1cc(-n2ccc(CNC(C)C)n2)nn1C. The smallest absolute Gasteiger partial charge is 0.175 e. The van der Waals surface area contributed by atoms with Gasteiger partial charge in [0.05, 0.1) is 5.69 Å². The molecule has 0 aliphatic heterocycles. The zero-order chi connectivity index (χ0) is 12.4. The molecule has 0 spiro atoms. The number of hydrogen-bond donors (Lipinski definition) is 1. The molecule has 5 nitrogen and oxygen atoms in total. The average Bonchev–Trinajstić information content (AvgIpc) is 2.84. The van der Waals surface area contributed by atoms with Crippen molar-refractivity contribution in [1.82, 2.24) is 24.9 Å². The monoisotopic (exact) mass is 233 g/mol. The largest absolute Gasteiger partial charge is 0.309 e. The van der Waals surface area contributed by atoms with Crippen molar-refractivity contribution in [2.24, 2.45) is 7.05 Å². The molecular formula is C12H19N5. The Morgan fingerprint density at radius 2 is 2.12 bits per heavy atom. The van der Waals surface area contributed by atoms with Gasteiger partial charge >= 0.3 is 0 Å². The molecular weight excluding hydrogens is 214 g/mol. The highest BCUT2D eigenvalue weighted by Crippen LogP contribution is 2.07. The van der Waals surface area contributed by atoms with Crippen LogP contribution in [0.1, 0.15) is 25.2 Å². The molecule has 0 fully saturated rings. The van der Waals surface area contributed by atoms with Crippen molar-refractivity contribution in [2.75, 3.05) is 0 Å². The Bertz CT molecular complexity index is 475. The van der Waals surface area contributed by atoms with Crippen molar-refractivity contribution < 1.29 is 0 Å². The Morgan fingerprint density at radius 3 is 2.71 bits per heavy atom. The summed E-state index contributed by atoms with van der Waals surface area (Å²) in [5, 5.41) is 12.2. The van der Waals surface area contributed by atoms with E-state index in [0.29, 0.717) is 6.04 Å². The third kappa shape index (κ3) is 2.74. The molecule has 0 amide bonds. The standard InChI is InChI=1S/C12H19N5/c1-9(2)13-8-11-5-6-17(14-11)12-7-10(3)16(4)15-12/h5-7,9,13H,8H2,1-4H3. The Kier molecular flexibility index (Phi) is 3.28. The normalized spacial score (nSPS) is 11.4. The third-order valence-electron chi connectivity index (χ3n) is 2.67. The summed E-state index contributed by atoms with van der Waals surface area (Å²) in [4.78, 5) is 0.